The lowest BCUT2D eigenvalue weighted by Gasteiger charge is -2.19. The van der Waals surface area contributed by atoms with Crippen LogP contribution in [0.3, 0.4) is 0 Å². The first-order valence-electron chi connectivity index (χ1n) is 8.70. The number of amides is 1. The zero-order chi connectivity index (χ0) is 20.4. The van der Waals surface area contributed by atoms with Crippen LogP contribution in [-0.4, -0.2) is 16.7 Å². The van der Waals surface area contributed by atoms with E-state index in [0.717, 1.165) is 10.7 Å². The van der Waals surface area contributed by atoms with E-state index in [-0.39, 0.29) is 34.8 Å². The van der Waals surface area contributed by atoms with Crippen LogP contribution in [0, 0.1) is 18.7 Å². The van der Waals surface area contributed by atoms with Gasteiger partial charge in [-0.3, -0.25) is 4.79 Å². The van der Waals surface area contributed by atoms with E-state index in [2.05, 4.69) is 27.2 Å². The zero-order valence-corrected chi connectivity index (χ0v) is 17.3. The van der Waals surface area contributed by atoms with Gasteiger partial charge in [-0.25, -0.2) is 14.4 Å². The first kappa shape index (κ1) is 20.2. The normalized spacial score (nSPS) is 13.9. The Balaban J connectivity index is 1.97. The van der Waals surface area contributed by atoms with E-state index in [1.165, 1.54) is 11.3 Å². The summed E-state index contributed by atoms with van der Waals surface area (Å²) in [5.74, 6) is -0.610. The highest BCUT2D eigenvalue weighted by Crippen LogP contribution is 2.29. The van der Waals surface area contributed by atoms with Crippen molar-refractivity contribution < 1.29 is 9.18 Å². The number of aromatic nitrogens is 1. The molecule has 2 N–H and O–H groups in total. The van der Waals surface area contributed by atoms with Gasteiger partial charge in [0.15, 0.2) is 0 Å². The molecule has 2 heterocycles. The number of nitrogens with one attached hydrogen (secondary N) is 2. The van der Waals surface area contributed by atoms with Gasteiger partial charge in [0, 0.05) is 34.8 Å². The minimum atomic E-state index is -0.535. The third kappa shape index (κ3) is 4.31. The number of rotatable bonds is 5. The number of halogens is 2. The number of allylic oxidation sites excluding steroid dienone is 1. The highest BCUT2D eigenvalue weighted by atomic mass is 35.5. The Morgan fingerprint density at radius 1 is 1.43 bits per heavy atom. The lowest BCUT2D eigenvalue weighted by atomic mass is 10.1. The number of aliphatic imine (C=N–C) groups is 1. The van der Waals surface area contributed by atoms with Gasteiger partial charge in [0.05, 0.1) is 10.6 Å². The average molecular weight is 419 g/mol. The van der Waals surface area contributed by atoms with Crippen LogP contribution < -0.4 is 10.6 Å². The summed E-state index contributed by atoms with van der Waals surface area (Å²) in [5, 5.41) is 8.54. The molecule has 0 radical (unpaired) electrons. The lowest BCUT2D eigenvalue weighted by Crippen LogP contribution is -2.29. The van der Waals surface area contributed by atoms with Crippen molar-refractivity contribution in [1.29, 1.82) is 0 Å². The fraction of sp³-hybridized carbons (Fsp3) is 0.250. The molecule has 146 valence electrons. The van der Waals surface area contributed by atoms with E-state index < -0.39 is 5.82 Å². The second kappa shape index (κ2) is 8.24. The fourth-order valence-corrected chi connectivity index (χ4v) is 3.56. The first-order chi connectivity index (χ1) is 13.3. The van der Waals surface area contributed by atoms with Crippen LogP contribution in [0.1, 0.15) is 35.7 Å². The number of nitrogens with zero attached hydrogens (tertiary/aromatic N) is 2. The Kier molecular flexibility index (Phi) is 5.96. The van der Waals surface area contributed by atoms with Crippen LogP contribution in [-0.2, 0) is 11.3 Å². The molecule has 28 heavy (non-hydrogen) atoms. The molecule has 3 rings (SSSR count). The van der Waals surface area contributed by atoms with Crippen LogP contribution in [0.4, 0.5) is 4.39 Å². The number of thiazole rings is 1. The van der Waals surface area contributed by atoms with Gasteiger partial charge in [0.25, 0.3) is 0 Å². The summed E-state index contributed by atoms with van der Waals surface area (Å²) in [6, 6.07) is 3.15. The summed E-state index contributed by atoms with van der Waals surface area (Å²) in [7, 11) is 0. The molecular weight excluding hydrogens is 399 g/mol. The first-order valence-corrected chi connectivity index (χ1v) is 9.95. The van der Waals surface area contributed by atoms with Crippen molar-refractivity contribution in [3.05, 3.63) is 68.5 Å². The van der Waals surface area contributed by atoms with E-state index >= 15 is 4.39 Å². The van der Waals surface area contributed by atoms with E-state index in [9.17, 15) is 4.79 Å². The van der Waals surface area contributed by atoms with Gasteiger partial charge in [-0.15, -0.1) is 11.3 Å². The quantitative estimate of drug-likeness (QED) is 0.755. The molecule has 5 nitrogen and oxygen atoms in total. The van der Waals surface area contributed by atoms with Gasteiger partial charge >= 0.3 is 0 Å². The average Bonchev–Trinajstić information content (AvgIpc) is 3.07. The molecule has 0 saturated heterocycles. The molecule has 0 bridgehead atoms. The van der Waals surface area contributed by atoms with Crippen LogP contribution in [0.15, 0.2) is 40.9 Å². The summed E-state index contributed by atoms with van der Waals surface area (Å²) in [6.45, 7) is 9.43. The molecule has 0 unspecified atom stereocenters. The van der Waals surface area contributed by atoms with Gasteiger partial charge < -0.3 is 10.6 Å². The Morgan fingerprint density at radius 2 is 2.18 bits per heavy atom. The van der Waals surface area contributed by atoms with Gasteiger partial charge in [0.2, 0.25) is 5.91 Å². The largest absolute Gasteiger partial charge is 0.352 e. The monoisotopic (exact) mass is 418 g/mol. The van der Waals surface area contributed by atoms with Crippen LogP contribution in [0.25, 0.3) is 5.70 Å². The van der Waals surface area contributed by atoms with Crippen molar-refractivity contribution >= 4 is 40.4 Å². The maximum atomic E-state index is 15.2. The standard InChI is InChI=1S/C20H20ClFN4OS/c1-10(2)19(27)23-8-13-5-6-14(21)16(17(13)22)18-24-11(3)7-15(26-18)20-25-12(4)9-28-20/h5-7,9-10H,3,8H2,1-2,4H3,(H,23,27)(H,24,26). The Labute approximate surface area is 172 Å². The smallest absolute Gasteiger partial charge is 0.222 e. The molecule has 0 spiro atoms. The van der Waals surface area contributed by atoms with Crippen molar-refractivity contribution in [2.24, 2.45) is 10.9 Å². The van der Waals surface area contributed by atoms with E-state index in [1.54, 1.807) is 32.1 Å². The van der Waals surface area contributed by atoms with Gasteiger partial charge in [-0.1, -0.05) is 38.1 Å². The predicted octanol–water partition coefficient (Wildman–Crippen LogP) is 4.42. The minimum absolute atomic E-state index is 0.0651. The summed E-state index contributed by atoms with van der Waals surface area (Å²) in [5.41, 5.74) is 2.49. The fourth-order valence-electron chi connectivity index (χ4n) is 2.57. The molecule has 1 aromatic carbocycles. The molecule has 1 amide bonds. The second-order valence-corrected chi connectivity index (χ2v) is 7.97. The van der Waals surface area contributed by atoms with Crippen molar-refractivity contribution in [2.45, 2.75) is 27.3 Å². The summed E-state index contributed by atoms with van der Waals surface area (Å²) in [6.07, 6.45) is 1.75. The summed E-state index contributed by atoms with van der Waals surface area (Å²) >= 11 is 7.73. The molecule has 0 atom stereocenters. The zero-order valence-electron chi connectivity index (χ0n) is 15.8. The topological polar surface area (TPSA) is 66.4 Å². The Hall–Kier alpha value is -2.51. The maximum absolute atomic E-state index is 15.2. The maximum Gasteiger partial charge on any atom is 0.222 e. The molecular formula is C20H20ClFN4OS. The van der Waals surface area contributed by atoms with Crippen molar-refractivity contribution in [1.82, 2.24) is 15.6 Å². The molecule has 0 saturated carbocycles. The molecule has 2 aromatic rings. The number of hydrogen-bond acceptors (Lipinski definition) is 5. The number of aryl methyl sites for hydroxylation is 1. The van der Waals surface area contributed by atoms with E-state index in [1.807, 2.05) is 12.3 Å². The molecule has 1 aliphatic rings. The molecule has 8 heteroatoms. The molecule has 1 aliphatic heterocycles. The SMILES string of the molecule is C=C1C=C(c2nc(C)cs2)N=C(c2c(Cl)ccc(CNC(=O)C(C)C)c2F)N1. The highest BCUT2D eigenvalue weighted by Gasteiger charge is 2.22. The number of amidine groups is 1. The van der Waals surface area contributed by atoms with Crippen LogP contribution in [0.5, 0.6) is 0 Å². The molecule has 1 aromatic heterocycles. The van der Waals surface area contributed by atoms with Crippen molar-refractivity contribution in [3.8, 4) is 0 Å². The van der Waals surface area contributed by atoms with Crippen molar-refractivity contribution in [2.75, 3.05) is 0 Å². The summed E-state index contributed by atoms with van der Waals surface area (Å²) in [4.78, 5) is 20.7. The molecule has 0 fully saturated rings. The highest BCUT2D eigenvalue weighted by molar-refractivity contribution is 7.10. The van der Waals surface area contributed by atoms with Gasteiger partial charge in [-0.05, 0) is 19.1 Å². The molecule has 0 aliphatic carbocycles. The van der Waals surface area contributed by atoms with E-state index in [0.29, 0.717) is 17.0 Å². The lowest BCUT2D eigenvalue weighted by molar-refractivity contribution is -0.124. The van der Waals surface area contributed by atoms with Gasteiger partial charge in [0.1, 0.15) is 22.4 Å². The van der Waals surface area contributed by atoms with Crippen LogP contribution in [0.2, 0.25) is 5.02 Å². The summed E-state index contributed by atoms with van der Waals surface area (Å²) < 4.78 is 15.2. The minimum Gasteiger partial charge on any atom is -0.352 e. The number of benzene rings is 1. The third-order valence-corrected chi connectivity index (χ3v) is 5.34. The van der Waals surface area contributed by atoms with Gasteiger partial charge in [-0.2, -0.15) is 0 Å². The number of carbonyl (C=O) groups is 1. The Bertz CT molecular complexity index is 1010. The number of hydrogen-bond donors (Lipinski definition) is 2. The third-order valence-electron chi connectivity index (χ3n) is 4.05. The van der Waals surface area contributed by atoms with E-state index in [4.69, 9.17) is 11.6 Å². The Morgan fingerprint density at radius 3 is 2.82 bits per heavy atom. The van der Waals surface area contributed by atoms with Crippen molar-refractivity contribution in [3.63, 3.8) is 0 Å². The van der Waals surface area contributed by atoms with Crippen LogP contribution >= 0.6 is 22.9 Å². The second-order valence-electron chi connectivity index (χ2n) is 6.70. The number of carbonyl (C=O) groups excluding carboxylic acids is 1. The predicted molar refractivity (Wildman–Crippen MR) is 112 cm³/mol.